The molecule has 0 bridgehead atoms. The fourth-order valence-electron chi connectivity index (χ4n) is 2.42. The second-order valence-electron chi connectivity index (χ2n) is 5.25. The third-order valence-corrected chi connectivity index (χ3v) is 3.38. The van der Waals surface area contributed by atoms with E-state index in [1.807, 2.05) is 48.1 Å². The summed E-state index contributed by atoms with van der Waals surface area (Å²) in [6.07, 6.45) is 1.84. The van der Waals surface area contributed by atoms with Crippen LogP contribution in [0.15, 0.2) is 59.1 Å². The van der Waals surface area contributed by atoms with E-state index in [2.05, 4.69) is 35.2 Å². The summed E-state index contributed by atoms with van der Waals surface area (Å²) >= 11 is 0. The van der Waals surface area contributed by atoms with Crippen molar-refractivity contribution in [3.8, 4) is 5.69 Å². The normalized spacial score (nSPS) is 11.2. The minimum atomic E-state index is 0.786. The van der Waals surface area contributed by atoms with Crippen LogP contribution in [0.4, 0.5) is 0 Å². The Kier molecular flexibility index (Phi) is 3.88. The van der Waals surface area contributed by atoms with Crippen molar-refractivity contribution in [3.63, 3.8) is 0 Å². The smallest absolute Gasteiger partial charge is 0.118 e. The maximum atomic E-state index is 5.62. The highest BCUT2D eigenvalue weighted by Crippen LogP contribution is 2.14. The molecule has 0 atom stereocenters. The summed E-state index contributed by atoms with van der Waals surface area (Å²) in [4.78, 5) is 2.22. The summed E-state index contributed by atoms with van der Waals surface area (Å²) in [6, 6.07) is 16.3. The molecule has 1 aromatic carbocycles. The first-order chi connectivity index (χ1) is 10.2. The van der Waals surface area contributed by atoms with Gasteiger partial charge in [-0.05, 0) is 44.3 Å². The van der Waals surface area contributed by atoms with Gasteiger partial charge < -0.3 is 4.42 Å². The van der Waals surface area contributed by atoms with Crippen LogP contribution in [0.5, 0.6) is 0 Å². The van der Waals surface area contributed by atoms with Crippen molar-refractivity contribution < 1.29 is 4.42 Å². The number of aromatic nitrogens is 2. The lowest BCUT2D eigenvalue weighted by molar-refractivity contribution is 0.280. The molecule has 2 heterocycles. The largest absolute Gasteiger partial charge is 0.465 e. The average molecular weight is 281 g/mol. The first-order valence-electron chi connectivity index (χ1n) is 7.04. The molecular weight excluding hydrogens is 262 g/mol. The second-order valence-corrected chi connectivity index (χ2v) is 5.25. The topological polar surface area (TPSA) is 34.2 Å². The number of para-hydroxylation sites is 1. The Morgan fingerprint density at radius 1 is 1.05 bits per heavy atom. The molecule has 21 heavy (non-hydrogen) atoms. The van der Waals surface area contributed by atoms with Crippen molar-refractivity contribution >= 4 is 0 Å². The van der Waals surface area contributed by atoms with Gasteiger partial charge in [0.2, 0.25) is 0 Å². The first kappa shape index (κ1) is 13.6. The summed E-state index contributed by atoms with van der Waals surface area (Å²) < 4.78 is 7.60. The van der Waals surface area contributed by atoms with Crippen molar-refractivity contribution in [2.24, 2.45) is 0 Å². The third-order valence-electron chi connectivity index (χ3n) is 3.38. The summed E-state index contributed by atoms with van der Waals surface area (Å²) in [6.45, 7) is 3.57. The molecule has 108 valence electrons. The molecule has 0 saturated heterocycles. The van der Waals surface area contributed by atoms with Gasteiger partial charge >= 0.3 is 0 Å². The van der Waals surface area contributed by atoms with Crippen LogP contribution in [0, 0.1) is 6.92 Å². The van der Waals surface area contributed by atoms with E-state index in [0.717, 1.165) is 36.0 Å². The van der Waals surface area contributed by atoms with Gasteiger partial charge in [0.25, 0.3) is 0 Å². The quantitative estimate of drug-likeness (QED) is 0.718. The van der Waals surface area contributed by atoms with Crippen molar-refractivity contribution in [3.05, 3.63) is 71.9 Å². The van der Waals surface area contributed by atoms with E-state index in [1.165, 1.54) is 0 Å². The number of furan rings is 1. The highest BCUT2D eigenvalue weighted by Gasteiger charge is 2.09. The van der Waals surface area contributed by atoms with Gasteiger partial charge in [-0.3, -0.25) is 4.90 Å². The van der Waals surface area contributed by atoms with Gasteiger partial charge in [-0.1, -0.05) is 18.2 Å². The Hall–Kier alpha value is -2.33. The fraction of sp³-hybridized carbons (Fsp3) is 0.235. The van der Waals surface area contributed by atoms with E-state index >= 15 is 0 Å². The molecule has 0 aliphatic carbocycles. The van der Waals surface area contributed by atoms with Gasteiger partial charge in [-0.2, -0.15) is 5.10 Å². The molecule has 0 fully saturated rings. The number of aryl methyl sites for hydroxylation is 1. The van der Waals surface area contributed by atoms with Gasteiger partial charge in [0, 0.05) is 12.7 Å². The number of hydrogen-bond acceptors (Lipinski definition) is 3. The van der Waals surface area contributed by atoms with Crippen LogP contribution < -0.4 is 0 Å². The summed E-state index contributed by atoms with van der Waals surface area (Å²) in [5, 5.41) is 4.42. The van der Waals surface area contributed by atoms with Crippen LogP contribution in [0.2, 0.25) is 0 Å². The molecule has 0 spiro atoms. The lowest BCUT2D eigenvalue weighted by Gasteiger charge is -2.16. The van der Waals surface area contributed by atoms with E-state index in [9.17, 15) is 0 Å². The summed E-state index contributed by atoms with van der Waals surface area (Å²) in [7, 11) is 2.08. The highest BCUT2D eigenvalue weighted by atomic mass is 16.3. The lowest BCUT2D eigenvalue weighted by Crippen LogP contribution is -2.19. The molecule has 0 aliphatic rings. The van der Waals surface area contributed by atoms with Crippen LogP contribution in [0.1, 0.15) is 17.2 Å². The molecule has 0 amide bonds. The van der Waals surface area contributed by atoms with E-state index in [1.54, 1.807) is 0 Å². The first-order valence-corrected chi connectivity index (χ1v) is 7.04. The van der Waals surface area contributed by atoms with Crippen LogP contribution in [-0.2, 0) is 13.1 Å². The Bertz CT molecular complexity index is 700. The van der Waals surface area contributed by atoms with E-state index in [-0.39, 0.29) is 0 Å². The van der Waals surface area contributed by atoms with Crippen LogP contribution in [0.25, 0.3) is 5.69 Å². The fourth-order valence-corrected chi connectivity index (χ4v) is 2.42. The predicted molar refractivity (Wildman–Crippen MR) is 82.2 cm³/mol. The lowest BCUT2D eigenvalue weighted by atomic mass is 10.3. The molecule has 3 rings (SSSR count). The Morgan fingerprint density at radius 2 is 1.86 bits per heavy atom. The standard InChI is InChI=1S/C17H19N3O/c1-14-8-9-17(21-14)13-19(2)12-16-10-11-18-20(16)15-6-4-3-5-7-15/h3-11H,12-13H2,1-2H3. The predicted octanol–water partition coefficient (Wildman–Crippen LogP) is 3.41. The zero-order valence-electron chi connectivity index (χ0n) is 12.4. The molecular formula is C17H19N3O. The van der Waals surface area contributed by atoms with Gasteiger partial charge in [0.15, 0.2) is 0 Å². The maximum Gasteiger partial charge on any atom is 0.118 e. The van der Waals surface area contributed by atoms with Gasteiger partial charge in [-0.25, -0.2) is 4.68 Å². The monoisotopic (exact) mass is 281 g/mol. The number of rotatable bonds is 5. The minimum Gasteiger partial charge on any atom is -0.465 e. The van der Waals surface area contributed by atoms with Crippen molar-refractivity contribution in [2.45, 2.75) is 20.0 Å². The number of nitrogens with zero attached hydrogens (tertiary/aromatic N) is 3. The summed E-state index contributed by atoms with van der Waals surface area (Å²) in [5.74, 6) is 1.94. The van der Waals surface area contributed by atoms with Crippen molar-refractivity contribution in [1.29, 1.82) is 0 Å². The molecule has 0 saturated carbocycles. The van der Waals surface area contributed by atoms with Gasteiger partial charge in [-0.15, -0.1) is 0 Å². The third kappa shape index (κ3) is 3.23. The summed E-state index contributed by atoms with van der Waals surface area (Å²) in [5.41, 5.74) is 2.24. The number of hydrogen-bond donors (Lipinski definition) is 0. The van der Waals surface area contributed by atoms with Crippen LogP contribution >= 0.6 is 0 Å². The zero-order valence-corrected chi connectivity index (χ0v) is 12.4. The molecule has 3 aromatic rings. The van der Waals surface area contributed by atoms with Gasteiger partial charge in [0.1, 0.15) is 11.5 Å². The minimum absolute atomic E-state index is 0.786. The molecule has 0 N–H and O–H groups in total. The molecule has 4 nitrogen and oxygen atoms in total. The van der Waals surface area contributed by atoms with E-state index in [4.69, 9.17) is 4.42 Å². The molecule has 2 aromatic heterocycles. The van der Waals surface area contributed by atoms with E-state index < -0.39 is 0 Å². The average Bonchev–Trinajstić information content (AvgIpc) is 3.09. The van der Waals surface area contributed by atoms with Crippen molar-refractivity contribution in [2.75, 3.05) is 7.05 Å². The zero-order chi connectivity index (χ0) is 14.7. The van der Waals surface area contributed by atoms with Crippen molar-refractivity contribution in [1.82, 2.24) is 14.7 Å². The Morgan fingerprint density at radius 3 is 2.57 bits per heavy atom. The maximum absolute atomic E-state index is 5.62. The van der Waals surface area contributed by atoms with Crippen LogP contribution in [-0.4, -0.2) is 21.7 Å². The highest BCUT2D eigenvalue weighted by molar-refractivity contribution is 5.32. The van der Waals surface area contributed by atoms with Crippen LogP contribution in [0.3, 0.4) is 0 Å². The molecule has 0 unspecified atom stereocenters. The van der Waals surface area contributed by atoms with E-state index in [0.29, 0.717) is 0 Å². The SMILES string of the molecule is Cc1ccc(CN(C)Cc2ccnn2-c2ccccc2)o1. The Balaban J connectivity index is 1.72. The second kappa shape index (κ2) is 5.97. The van der Waals surface area contributed by atoms with Gasteiger partial charge in [0.05, 0.1) is 17.9 Å². The number of benzene rings is 1. The Labute approximate surface area is 124 Å². The molecule has 0 aliphatic heterocycles. The molecule has 4 heteroatoms. The molecule has 0 radical (unpaired) electrons.